The van der Waals surface area contributed by atoms with Crippen LogP contribution >= 0.6 is 0 Å². The van der Waals surface area contributed by atoms with Crippen molar-refractivity contribution in [3.63, 3.8) is 0 Å². The Hall–Kier alpha value is -3.33. The number of hydrogen-bond acceptors (Lipinski definition) is 7. The van der Waals surface area contributed by atoms with Crippen LogP contribution in [0.25, 0.3) is 0 Å². The van der Waals surface area contributed by atoms with Gasteiger partial charge in [0.2, 0.25) is 0 Å². The van der Waals surface area contributed by atoms with Crippen LogP contribution in [0, 0.1) is 0 Å². The largest absolute Gasteiger partial charge is 0.491 e. The van der Waals surface area contributed by atoms with Crippen molar-refractivity contribution in [3.8, 4) is 5.75 Å². The van der Waals surface area contributed by atoms with Crippen molar-refractivity contribution in [1.82, 2.24) is 9.80 Å². The molecular formula is C23H26N2O7. The number of esters is 1. The molecule has 3 heterocycles. The molecule has 0 aliphatic carbocycles. The second-order valence-corrected chi connectivity index (χ2v) is 7.70. The fourth-order valence-electron chi connectivity index (χ4n) is 3.67. The highest BCUT2D eigenvalue weighted by atomic mass is 16.5. The monoisotopic (exact) mass is 442 g/mol. The zero-order chi connectivity index (χ0) is 22.3. The molecule has 1 unspecified atom stereocenters. The molecule has 0 spiro atoms. The molecule has 0 N–H and O–H groups in total. The number of ether oxygens (including phenoxy) is 3. The van der Waals surface area contributed by atoms with Crippen LogP contribution in [-0.4, -0.2) is 79.7 Å². The zero-order valence-electron chi connectivity index (χ0n) is 17.7. The number of hydrogen-bond donors (Lipinski definition) is 0. The third kappa shape index (κ3) is 5.47. The van der Waals surface area contributed by atoms with Crippen LogP contribution in [0.2, 0.25) is 0 Å². The van der Waals surface area contributed by atoms with Gasteiger partial charge in [0.05, 0.1) is 17.9 Å². The lowest BCUT2D eigenvalue weighted by atomic mass is 10.2. The molecule has 1 atom stereocenters. The minimum absolute atomic E-state index is 0.121. The quantitative estimate of drug-likeness (QED) is 0.605. The number of furan rings is 1. The highest BCUT2D eigenvalue weighted by molar-refractivity contribution is 5.92. The Labute approximate surface area is 185 Å². The summed E-state index contributed by atoms with van der Waals surface area (Å²) in [5, 5.41) is 0. The van der Waals surface area contributed by atoms with Gasteiger partial charge < -0.3 is 28.4 Å². The van der Waals surface area contributed by atoms with Crippen molar-refractivity contribution in [3.05, 3.63) is 54.0 Å². The maximum Gasteiger partial charge on any atom is 0.338 e. The van der Waals surface area contributed by atoms with Crippen LogP contribution < -0.4 is 4.74 Å². The molecule has 32 heavy (non-hydrogen) atoms. The van der Waals surface area contributed by atoms with E-state index in [0.717, 1.165) is 19.4 Å². The van der Waals surface area contributed by atoms with E-state index in [1.807, 2.05) is 0 Å². The second kappa shape index (κ2) is 10.3. The van der Waals surface area contributed by atoms with E-state index < -0.39 is 5.97 Å². The van der Waals surface area contributed by atoms with Gasteiger partial charge in [-0.3, -0.25) is 9.59 Å². The highest BCUT2D eigenvalue weighted by Gasteiger charge is 2.26. The minimum Gasteiger partial charge on any atom is -0.491 e. The van der Waals surface area contributed by atoms with E-state index in [4.69, 9.17) is 18.6 Å². The fourth-order valence-corrected chi connectivity index (χ4v) is 3.67. The van der Waals surface area contributed by atoms with E-state index in [1.165, 1.54) is 6.26 Å². The number of carbonyl (C=O) groups excluding carboxylic acids is 3. The molecule has 4 rings (SSSR count). The standard InChI is InChI=1S/C23H26N2O7/c26-21(24-9-11-25(12-10-24)22(27)20-4-2-14-30-20)16-32-23(28)17-5-7-18(8-6-17)31-15-19-3-1-13-29-19/h2,4-8,14,19H,1,3,9-13,15-16H2. The summed E-state index contributed by atoms with van der Waals surface area (Å²) in [7, 11) is 0. The Balaban J connectivity index is 1.18. The molecule has 2 aliphatic heterocycles. The molecule has 0 bridgehead atoms. The molecule has 0 saturated carbocycles. The van der Waals surface area contributed by atoms with E-state index in [1.54, 1.807) is 46.2 Å². The number of rotatable bonds is 7. The van der Waals surface area contributed by atoms with E-state index >= 15 is 0 Å². The zero-order valence-corrected chi connectivity index (χ0v) is 17.7. The lowest BCUT2D eigenvalue weighted by Gasteiger charge is -2.34. The average Bonchev–Trinajstić information content (AvgIpc) is 3.55. The molecule has 170 valence electrons. The molecule has 2 saturated heterocycles. The van der Waals surface area contributed by atoms with Gasteiger partial charge >= 0.3 is 5.97 Å². The molecular weight excluding hydrogens is 416 g/mol. The van der Waals surface area contributed by atoms with Crippen molar-refractivity contribution >= 4 is 17.8 Å². The first-order chi connectivity index (χ1) is 15.6. The Morgan fingerprint density at radius 2 is 1.75 bits per heavy atom. The van der Waals surface area contributed by atoms with Gasteiger partial charge in [-0.25, -0.2) is 4.79 Å². The first kappa shape index (κ1) is 21.9. The van der Waals surface area contributed by atoms with Crippen LogP contribution in [0.1, 0.15) is 33.8 Å². The van der Waals surface area contributed by atoms with Gasteiger partial charge in [0.15, 0.2) is 12.4 Å². The van der Waals surface area contributed by atoms with Crippen LogP contribution in [0.4, 0.5) is 0 Å². The van der Waals surface area contributed by atoms with Crippen molar-refractivity contribution in [2.45, 2.75) is 18.9 Å². The average molecular weight is 442 g/mol. The van der Waals surface area contributed by atoms with Crippen LogP contribution in [-0.2, 0) is 14.3 Å². The van der Waals surface area contributed by atoms with Gasteiger partial charge in [-0.15, -0.1) is 0 Å². The van der Waals surface area contributed by atoms with Crippen LogP contribution in [0.15, 0.2) is 47.1 Å². The van der Waals surface area contributed by atoms with Crippen molar-refractivity contribution in [1.29, 1.82) is 0 Å². The van der Waals surface area contributed by atoms with E-state index in [2.05, 4.69) is 0 Å². The summed E-state index contributed by atoms with van der Waals surface area (Å²) < 4.78 is 21.5. The number of nitrogens with zero attached hydrogens (tertiary/aromatic N) is 2. The lowest BCUT2D eigenvalue weighted by Crippen LogP contribution is -2.51. The summed E-state index contributed by atoms with van der Waals surface area (Å²) in [6, 6.07) is 9.88. The minimum atomic E-state index is -0.573. The molecule has 1 aromatic heterocycles. The third-order valence-corrected chi connectivity index (χ3v) is 5.53. The highest BCUT2D eigenvalue weighted by Crippen LogP contribution is 2.17. The molecule has 9 nitrogen and oxygen atoms in total. The van der Waals surface area contributed by atoms with Gasteiger partial charge in [0.1, 0.15) is 12.4 Å². The van der Waals surface area contributed by atoms with Gasteiger partial charge in [0.25, 0.3) is 11.8 Å². The van der Waals surface area contributed by atoms with E-state index in [0.29, 0.717) is 44.1 Å². The van der Waals surface area contributed by atoms with Crippen LogP contribution in [0.5, 0.6) is 5.75 Å². The third-order valence-electron chi connectivity index (χ3n) is 5.53. The molecule has 2 aromatic rings. The predicted molar refractivity (Wildman–Crippen MR) is 112 cm³/mol. The van der Waals surface area contributed by atoms with Crippen molar-refractivity contribution in [2.75, 3.05) is 46.0 Å². The van der Waals surface area contributed by atoms with Gasteiger partial charge in [-0.2, -0.15) is 0 Å². The SMILES string of the molecule is O=C(OCC(=O)N1CCN(C(=O)c2ccco2)CC1)c1ccc(OCC2CCCO2)cc1. The topological polar surface area (TPSA) is 98.5 Å². The summed E-state index contributed by atoms with van der Waals surface area (Å²) in [6.07, 6.45) is 3.62. The van der Waals surface area contributed by atoms with Gasteiger partial charge in [0, 0.05) is 32.8 Å². The molecule has 9 heteroatoms. The normalized spacial score (nSPS) is 18.4. The smallest absolute Gasteiger partial charge is 0.338 e. The lowest BCUT2D eigenvalue weighted by molar-refractivity contribution is -0.136. The Kier molecular flexibility index (Phi) is 7.06. The Bertz CT molecular complexity index is 912. The maximum absolute atomic E-state index is 12.4. The maximum atomic E-state index is 12.4. The predicted octanol–water partition coefficient (Wildman–Crippen LogP) is 1.98. The Morgan fingerprint density at radius 3 is 2.41 bits per heavy atom. The number of piperazine rings is 1. The van der Waals surface area contributed by atoms with Gasteiger partial charge in [-0.05, 0) is 49.2 Å². The summed E-state index contributed by atoms with van der Waals surface area (Å²) in [4.78, 5) is 40.2. The Morgan fingerprint density at radius 1 is 1.00 bits per heavy atom. The van der Waals surface area contributed by atoms with Crippen LogP contribution in [0.3, 0.4) is 0 Å². The number of amides is 2. The van der Waals surface area contributed by atoms with E-state index in [9.17, 15) is 14.4 Å². The molecule has 0 radical (unpaired) electrons. The number of benzene rings is 1. The summed E-state index contributed by atoms with van der Waals surface area (Å²) in [6.45, 7) is 2.45. The number of carbonyl (C=O) groups is 3. The summed E-state index contributed by atoms with van der Waals surface area (Å²) >= 11 is 0. The first-order valence-electron chi connectivity index (χ1n) is 10.7. The molecule has 1 aromatic carbocycles. The van der Waals surface area contributed by atoms with Crippen molar-refractivity contribution < 1.29 is 33.0 Å². The fraction of sp³-hybridized carbons (Fsp3) is 0.435. The van der Waals surface area contributed by atoms with Crippen molar-refractivity contribution in [2.24, 2.45) is 0 Å². The first-order valence-corrected chi connectivity index (χ1v) is 10.7. The van der Waals surface area contributed by atoms with Gasteiger partial charge in [-0.1, -0.05) is 0 Å². The summed E-state index contributed by atoms with van der Waals surface area (Å²) in [5.41, 5.74) is 0.344. The van der Waals surface area contributed by atoms with E-state index in [-0.39, 0.29) is 30.3 Å². The molecule has 2 aliphatic rings. The molecule has 2 amide bonds. The molecule has 2 fully saturated rings. The summed E-state index contributed by atoms with van der Waals surface area (Å²) in [5.74, 6) is -0.135. The second-order valence-electron chi connectivity index (χ2n) is 7.70.